The number of carbonyl (C=O) groups is 1. The molecule has 0 unspecified atom stereocenters. The first-order chi connectivity index (χ1) is 6.27. The van der Waals surface area contributed by atoms with Gasteiger partial charge < -0.3 is 5.11 Å². The maximum absolute atomic E-state index is 10.1. The second kappa shape index (κ2) is 4.07. The molecule has 0 aliphatic rings. The van der Waals surface area contributed by atoms with Gasteiger partial charge in [-0.1, -0.05) is 0 Å². The van der Waals surface area contributed by atoms with Gasteiger partial charge in [0.1, 0.15) is 12.0 Å². The number of hydrogen-bond donors (Lipinski definition) is 1. The van der Waals surface area contributed by atoms with Crippen LogP contribution in [0.5, 0.6) is 5.75 Å². The lowest BCUT2D eigenvalue weighted by Gasteiger charge is -1.96. The number of phenolic OH excluding ortho intramolecular Hbond substituents is 1. The van der Waals surface area contributed by atoms with Crippen LogP contribution in [-0.4, -0.2) is 11.4 Å². The molecule has 0 saturated carbocycles. The Morgan fingerprint density at radius 2 is 2.00 bits per heavy atom. The number of allylic oxidation sites excluding steroid dienone is 2. The van der Waals surface area contributed by atoms with Crippen molar-refractivity contribution in [3.8, 4) is 11.8 Å². The maximum Gasteiger partial charge on any atom is 0.144 e. The molecule has 1 rings (SSSR count). The molecular weight excluding hydrogens is 166 g/mol. The fourth-order valence-electron chi connectivity index (χ4n) is 0.907. The molecule has 0 radical (unpaired) electrons. The van der Waals surface area contributed by atoms with E-state index in [9.17, 15) is 4.79 Å². The smallest absolute Gasteiger partial charge is 0.144 e. The summed E-state index contributed by atoms with van der Waals surface area (Å²) in [7, 11) is 0. The molecule has 0 spiro atoms. The largest absolute Gasteiger partial charge is 0.508 e. The van der Waals surface area contributed by atoms with Crippen molar-refractivity contribution in [1.82, 2.24) is 0 Å². The number of benzene rings is 1. The van der Waals surface area contributed by atoms with E-state index in [0.717, 1.165) is 0 Å². The lowest BCUT2D eigenvalue weighted by molar-refractivity contribution is -0.104. The summed E-state index contributed by atoms with van der Waals surface area (Å²) >= 11 is 0. The molecule has 3 nitrogen and oxygen atoms in total. The fraction of sp³-hybridized carbons (Fsp3) is 0. The van der Waals surface area contributed by atoms with E-state index in [2.05, 4.69) is 0 Å². The molecule has 0 atom stereocenters. The fourth-order valence-corrected chi connectivity index (χ4v) is 0.907. The Morgan fingerprint density at radius 1 is 1.38 bits per heavy atom. The summed E-state index contributed by atoms with van der Waals surface area (Å²) in [6, 6.07) is 7.97. The van der Waals surface area contributed by atoms with E-state index in [1.165, 1.54) is 18.2 Å². The van der Waals surface area contributed by atoms with Crippen molar-refractivity contribution in [3.63, 3.8) is 0 Å². The van der Waals surface area contributed by atoms with Crippen LogP contribution in [0, 0.1) is 11.3 Å². The molecule has 0 aliphatic heterocycles. The quantitative estimate of drug-likeness (QED) is 0.418. The number of aldehydes is 1. The van der Waals surface area contributed by atoms with Gasteiger partial charge in [-0.2, -0.15) is 5.26 Å². The highest BCUT2D eigenvalue weighted by Crippen LogP contribution is 2.16. The molecule has 0 saturated heterocycles. The molecule has 0 aliphatic carbocycles. The Balaban J connectivity index is 3.08. The van der Waals surface area contributed by atoms with Gasteiger partial charge in [0.2, 0.25) is 0 Å². The van der Waals surface area contributed by atoms with Crippen LogP contribution in [-0.2, 0) is 4.79 Å². The van der Waals surface area contributed by atoms with Crippen molar-refractivity contribution in [2.45, 2.75) is 0 Å². The van der Waals surface area contributed by atoms with Crippen LogP contribution in [0.25, 0.3) is 5.57 Å². The third kappa shape index (κ3) is 2.17. The van der Waals surface area contributed by atoms with Gasteiger partial charge in [-0.3, -0.25) is 4.79 Å². The number of aromatic hydroxyl groups is 1. The normalized spacial score (nSPS) is 10.5. The van der Waals surface area contributed by atoms with Gasteiger partial charge in [0.05, 0.1) is 11.6 Å². The van der Waals surface area contributed by atoms with Gasteiger partial charge in [0, 0.05) is 0 Å². The molecule has 0 fully saturated rings. The summed E-state index contributed by atoms with van der Waals surface area (Å²) in [6.45, 7) is 0. The van der Waals surface area contributed by atoms with Crippen molar-refractivity contribution in [3.05, 3.63) is 35.9 Å². The first-order valence-electron chi connectivity index (χ1n) is 3.63. The Labute approximate surface area is 75.5 Å². The van der Waals surface area contributed by atoms with Crippen LogP contribution in [0.1, 0.15) is 5.56 Å². The van der Waals surface area contributed by atoms with E-state index in [-0.39, 0.29) is 11.3 Å². The molecule has 13 heavy (non-hydrogen) atoms. The minimum Gasteiger partial charge on any atom is -0.508 e. The zero-order valence-corrected chi connectivity index (χ0v) is 6.77. The van der Waals surface area contributed by atoms with Crippen molar-refractivity contribution >= 4 is 11.9 Å². The standard InChI is InChI=1S/C10H7NO2/c11-7-9(5-6-12)8-1-3-10(13)4-2-8/h1-6,13H. The van der Waals surface area contributed by atoms with Gasteiger partial charge in [0.25, 0.3) is 0 Å². The summed E-state index contributed by atoms with van der Waals surface area (Å²) in [6.07, 6.45) is 1.75. The predicted molar refractivity (Wildman–Crippen MR) is 47.8 cm³/mol. The van der Waals surface area contributed by atoms with Crippen molar-refractivity contribution < 1.29 is 9.90 Å². The van der Waals surface area contributed by atoms with Crippen LogP contribution in [0.15, 0.2) is 30.3 Å². The Morgan fingerprint density at radius 3 is 2.46 bits per heavy atom. The van der Waals surface area contributed by atoms with Gasteiger partial charge in [-0.15, -0.1) is 0 Å². The van der Waals surface area contributed by atoms with E-state index < -0.39 is 0 Å². The zero-order valence-electron chi connectivity index (χ0n) is 6.77. The Hall–Kier alpha value is -2.08. The van der Waals surface area contributed by atoms with Crippen LogP contribution >= 0.6 is 0 Å². The van der Waals surface area contributed by atoms with Gasteiger partial charge in [-0.25, -0.2) is 0 Å². The highest BCUT2D eigenvalue weighted by molar-refractivity contribution is 5.87. The van der Waals surface area contributed by atoms with Crippen molar-refractivity contribution in [2.24, 2.45) is 0 Å². The van der Waals surface area contributed by atoms with E-state index >= 15 is 0 Å². The number of rotatable bonds is 2. The molecule has 1 N–H and O–H groups in total. The minimum atomic E-state index is 0.132. The summed E-state index contributed by atoms with van der Waals surface area (Å²) < 4.78 is 0. The number of carbonyl (C=O) groups excluding carboxylic acids is 1. The van der Waals surface area contributed by atoms with E-state index in [4.69, 9.17) is 10.4 Å². The molecule has 1 aromatic rings. The van der Waals surface area contributed by atoms with Gasteiger partial charge in [0.15, 0.2) is 0 Å². The second-order valence-corrected chi connectivity index (χ2v) is 2.38. The highest BCUT2D eigenvalue weighted by atomic mass is 16.3. The summed E-state index contributed by atoms with van der Waals surface area (Å²) in [5, 5.41) is 17.6. The summed E-state index contributed by atoms with van der Waals surface area (Å²) in [4.78, 5) is 10.1. The average Bonchev–Trinajstić information content (AvgIpc) is 2.16. The van der Waals surface area contributed by atoms with Gasteiger partial charge >= 0.3 is 0 Å². The van der Waals surface area contributed by atoms with Crippen LogP contribution in [0.3, 0.4) is 0 Å². The third-order valence-corrected chi connectivity index (χ3v) is 1.53. The van der Waals surface area contributed by atoms with Crippen molar-refractivity contribution in [2.75, 3.05) is 0 Å². The van der Waals surface area contributed by atoms with E-state index in [1.807, 2.05) is 6.07 Å². The molecule has 0 amide bonds. The Kier molecular flexibility index (Phi) is 2.82. The lowest BCUT2D eigenvalue weighted by atomic mass is 10.1. The predicted octanol–water partition coefficient (Wildman–Crippen LogP) is 1.50. The summed E-state index contributed by atoms with van der Waals surface area (Å²) in [5.74, 6) is 0.132. The molecule has 64 valence electrons. The van der Waals surface area contributed by atoms with Gasteiger partial charge in [-0.05, 0) is 35.9 Å². The number of nitriles is 1. The zero-order chi connectivity index (χ0) is 9.68. The number of hydrogen-bond acceptors (Lipinski definition) is 3. The van der Waals surface area contributed by atoms with Crippen molar-refractivity contribution in [1.29, 1.82) is 5.26 Å². The highest BCUT2D eigenvalue weighted by Gasteiger charge is 1.98. The lowest BCUT2D eigenvalue weighted by Crippen LogP contribution is -1.80. The molecule has 3 heteroatoms. The minimum absolute atomic E-state index is 0.132. The monoisotopic (exact) mass is 173 g/mol. The molecular formula is C10H7NO2. The van der Waals surface area contributed by atoms with E-state index in [1.54, 1.807) is 12.1 Å². The third-order valence-electron chi connectivity index (χ3n) is 1.53. The molecule has 0 aromatic heterocycles. The molecule has 0 heterocycles. The van der Waals surface area contributed by atoms with Crippen LogP contribution < -0.4 is 0 Å². The SMILES string of the molecule is N#CC(=CC=O)c1ccc(O)cc1. The average molecular weight is 173 g/mol. The number of phenols is 1. The van der Waals surface area contributed by atoms with E-state index in [0.29, 0.717) is 11.8 Å². The molecule has 1 aromatic carbocycles. The topological polar surface area (TPSA) is 61.1 Å². The molecule has 0 bridgehead atoms. The first-order valence-corrected chi connectivity index (χ1v) is 3.63. The summed E-state index contributed by atoms with van der Waals surface area (Å²) in [5.41, 5.74) is 0.905. The van der Waals surface area contributed by atoms with Crippen LogP contribution in [0.4, 0.5) is 0 Å². The second-order valence-electron chi connectivity index (χ2n) is 2.38. The Bertz CT molecular complexity index is 371. The first kappa shape index (κ1) is 9.01. The number of nitrogens with zero attached hydrogens (tertiary/aromatic N) is 1. The maximum atomic E-state index is 10.1. The van der Waals surface area contributed by atoms with Crippen LogP contribution in [0.2, 0.25) is 0 Å².